The fourth-order valence-electron chi connectivity index (χ4n) is 2.10. The maximum absolute atomic E-state index is 10.7. The van der Waals surface area contributed by atoms with E-state index in [1.54, 1.807) is 6.07 Å². The van der Waals surface area contributed by atoms with Gasteiger partial charge in [0.2, 0.25) is 0 Å². The summed E-state index contributed by atoms with van der Waals surface area (Å²) in [5.74, 6) is 0. The van der Waals surface area contributed by atoms with E-state index in [1.807, 2.05) is 0 Å². The highest BCUT2D eigenvalue weighted by molar-refractivity contribution is 6.31. The maximum Gasteiger partial charge on any atom is 0.269 e. The van der Waals surface area contributed by atoms with Crippen LogP contribution >= 0.6 is 11.6 Å². The van der Waals surface area contributed by atoms with Gasteiger partial charge in [0.05, 0.1) is 18.1 Å². The minimum Gasteiger partial charge on any atom is -0.379 e. The van der Waals surface area contributed by atoms with E-state index in [9.17, 15) is 10.1 Å². The summed E-state index contributed by atoms with van der Waals surface area (Å²) in [4.78, 5) is 12.6. The Morgan fingerprint density at radius 1 is 1.40 bits per heavy atom. The maximum atomic E-state index is 10.7. The van der Waals surface area contributed by atoms with Crippen molar-refractivity contribution < 1.29 is 9.66 Å². The predicted octanol–water partition coefficient (Wildman–Crippen LogP) is 1.67. The van der Waals surface area contributed by atoms with Crippen molar-refractivity contribution in [2.75, 3.05) is 39.4 Å². The number of halogens is 1. The average molecular weight is 300 g/mol. The number of nitrogens with one attached hydrogen (secondary N) is 1. The van der Waals surface area contributed by atoms with E-state index in [1.165, 1.54) is 12.1 Å². The molecule has 1 N–H and O–H groups in total. The number of ether oxygens (including phenoxy) is 1. The molecule has 1 aliphatic heterocycles. The smallest absolute Gasteiger partial charge is 0.269 e. The molecular weight excluding hydrogens is 282 g/mol. The van der Waals surface area contributed by atoms with E-state index in [2.05, 4.69) is 10.2 Å². The van der Waals surface area contributed by atoms with Gasteiger partial charge in [-0.2, -0.15) is 0 Å². The third kappa shape index (κ3) is 4.42. The SMILES string of the molecule is O=[N+]([O-])c1ccc(Cl)c(CNCCN2CCOCC2)c1. The molecule has 1 aliphatic rings. The molecule has 0 amide bonds. The molecule has 0 saturated carbocycles. The Kier molecular flexibility index (Phi) is 5.72. The van der Waals surface area contributed by atoms with Gasteiger partial charge in [0.25, 0.3) is 5.69 Å². The molecule has 0 radical (unpaired) electrons. The van der Waals surface area contributed by atoms with Crippen LogP contribution in [0, 0.1) is 10.1 Å². The first kappa shape index (κ1) is 15.2. The fraction of sp³-hybridized carbons (Fsp3) is 0.538. The number of hydrogen-bond acceptors (Lipinski definition) is 5. The first-order valence-electron chi connectivity index (χ1n) is 6.60. The Morgan fingerprint density at radius 2 is 2.15 bits per heavy atom. The van der Waals surface area contributed by atoms with Crippen molar-refractivity contribution in [3.8, 4) is 0 Å². The van der Waals surface area contributed by atoms with Gasteiger partial charge in [0.15, 0.2) is 0 Å². The van der Waals surface area contributed by atoms with Gasteiger partial charge in [-0.15, -0.1) is 0 Å². The van der Waals surface area contributed by atoms with Gasteiger partial charge in [-0.1, -0.05) is 11.6 Å². The third-order valence-corrected chi connectivity index (χ3v) is 3.63. The van der Waals surface area contributed by atoms with E-state index in [4.69, 9.17) is 16.3 Å². The van der Waals surface area contributed by atoms with E-state index in [0.29, 0.717) is 11.6 Å². The second-order valence-electron chi connectivity index (χ2n) is 4.66. The highest BCUT2D eigenvalue weighted by atomic mass is 35.5. The van der Waals surface area contributed by atoms with Gasteiger partial charge in [-0.25, -0.2) is 0 Å². The van der Waals surface area contributed by atoms with Gasteiger partial charge in [0, 0.05) is 49.9 Å². The molecule has 1 saturated heterocycles. The summed E-state index contributed by atoms with van der Waals surface area (Å²) in [6, 6.07) is 4.50. The van der Waals surface area contributed by atoms with E-state index < -0.39 is 4.92 Å². The number of nitro benzene ring substituents is 1. The molecule has 0 aliphatic carbocycles. The Labute approximate surface area is 122 Å². The van der Waals surface area contributed by atoms with Crippen LogP contribution in [0.5, 0.6) is 0 Å². The molecule has 110 valence electrons. The van der Waals surface area contributed by atoms with E-state index in [-0.39, 0.29) is 5.69 Å². The molecule has 1 heterocycles. The number of morpholine rings is 1. The topological polar surface area (TPSA) is 67.6 Å². The van der Waals surface area contributed by atoms with Crippen LogP contribution in [0.3, 0.4) is 0 Å². The number of hydrogen-bond donors (Lipinski definition) is 1. The molecule has 6 nitrogen and oxygen atoms in total. The zero-order chi connectivity index (χ0) is 14.4. The number of non-ortho nitro benzene ring substituents is 1. The number of benzene rings is 1. The lowest BCUT2D eigenvalue weighted by molar-refractivity contribution is -0.384. The summed E-state index contributed by atoms with van der Waals surface area (Å²) >= 11 is 6.04. The molecular formula is C13H18ClN3O3. The van der Waals surface area contributed by atoms with Crippen LogP contribution < -0.4 is 5.32 Å². The molecule has 1 aromatic rings. The fourth-order valence-corrected chi connectivity index (χ4v) is 2.28. The zero-order valence-corrected chi connectivity index (χ0v) is 11.9. The molecule has 0 unspecified atom stereocenters. The molecule has 0 spiro atoms. The van der Waals surface area contributed by atoms with Crippen molar-refractivity contribution in [3.63, 3.8) is 0 Å². The molecule has 2 rings (SSSR count). The second-order valence-corrected chi connectivity index (χ2v) is 5.07. The van der Waals surface area contributed by atoms with Crippen molar-refractivity contribution in [3.05, 3.63) is 38.9 Å². The minimum absolute atomic E-state index is 0.0689. The number of nitro groups is 1. The summed E-state index contributed by atoms with van der Waals surface area (Å²) in [6.07, 6.45) is 0. The van der Waals surface area contributed by atoms with Gasteiger partial charge in [-0.3, -0.25) is 15.0 Å². The van der Waals surface area contributed by atoms with Crippen molar-refractivity contribution >= 4 is 17.3 Å². The molecule has 7 heteroatoms. The molecule has 1 aromatic carbocycles. The molecule has 0 bridgehead atoms. The molecule has 20 heavy (non-hydrogen) atoms. The van der Waals surface area contributed by atoms with Crippen molar-refractivity contribution in [1.82, 2.24) is 10.2 Å². The lowest BCUT2D eigenvalue weighted by Gasteiger charge is -2.26. The van der Waals surface area contributed by atoms with Gasteiger partial charge < -0.3 is 10.1 Å². The first-order valence-corrected chi connectivity index (χ1v) is 6.98. The summed E-state index contributed by atoms with van der Waals surface area (Å²) in [7, 11) is 0. The Hall–Kier alpha value is -1.21. The summed E-state index contributed by atoms with van der Waals surface area (Å²) in [6.45, 7) is 5.78. The van der Waals surface area contributed by atoms with Crippen LogP contribution in [-0.4, -0.2) is 49.2 Å². The largest absolute Gasteiger partial charge is 0.379 e. The molecule has 1 fully saturated rings. The van der Waals surface area contributed by atoms with E-state index >= 15 is 0 Å². The first-order chi connectivity index (χ1) is 9.66. The van der Waals surface area contributed by atoms with Crippen LogP contribution in [0.15, 0.2) is 18.2 Å². The van der Waals surface area contributed by atoms with Crippen LogP contribution in [-0.2, 0) is 11.3 Å². The number of nitrogens with zero attached hydrogens (tertiary/aromatic N) is 2. The summed E-state index contributed by atoms with van der Waals surface area (Å²) in [5.41, 5.74) is 0.822. The van der Waals surface area contributed by atoms with Crippen LogP contribution in [0.1, 0.15) is 5.56 Å². The van der Waals surface area contributed by atoms with Gasteiger partial charge in [-0.05, 0) is 11.6 Å². The monoisotopic (exact) mass is 299 g/mol. The quantitative estimate of drug-likeness (QED) is 0.492. The van der Waals surface area contributed by atoms with Crippen LogP contribution in [0.2, 0.25) is 5.02 Å². The molecule has 0 aromatic heterocycles. The third-order valence-electron chi connectivity index (χ3n) is 3.26. The van der Waals surface area contributed by atoms with Crippen LogP contribution in [0.25, 0.3) is 0 Å². The van der Waals surface area contributed by atoms with E-state index in [0.717, 1.165) is 45.0 Å². The zero-order valence-electron chi connectivity index (χ0n) is 11.2. The summed E-state index contributed by atoms with van der Waals surface area (Å²) in [5, 5.41) is 14.5. The lowest BCUT2D eigenvalue weighted by atomic mass is 10.2. The highest BCUT2D eigenvalue weighted by Gasteiger charge is 2.11. The Morgan fingerprint density at radius 3 is 2.85 bits per heavy atom. The Bertz CT molecular complexity index is 464. The van der Waals surface area contributed by atoms with Gasteiger partial charge >= 0.3 is 0 Å². The summed E-state index contributed by atoms with van der Waals surface area (Å²) < 4.78 is 5.28. The second kappa shape index (κ2) is 7.54. The lowest BCUT2D eigenvalue weighted by Crippen LogP contribution is -2.40. The van der Waals surface area contributed by atoms with Crippen molar-refractivity contribution in [2.45, 2.75) is 6.54 Å². The normalized spacial score (nSPS) is 16.2. The van der Waals surface area contributed by atoms with Gasteiger partial charge in [0.1, 0.15) is 0 Å². The predicted molar refractivity (Wildman–Crippen MR) is 77.1 cm³/mol. The Balaban J connectivity index is 1.78. The van der Waals surface area contributed by atoms with Crippen molar-refractivity contribution in [2.24, 2.45) is 0 Å². The van der Waals surface area contributed by atoms with Crippen molar-refractivity contribution in [1.29, 1.82) is 0 Å². The highest BCUT2D eigenvalue weighted by Crippen LogP contribution is 2.21. The van der Waals surface area contributed by atoms with Crippen LogP contribution in [0.4, 0.5) is 5.69 Å². The molecule has 0 atom stereocenters. The standard InChI is InChI=1S/C13H18ClN3O3/c14-13-2-1-12(17(18)19)9-11(13)10-15-3-4-16-5-7-20-8-6-16/h1-2,9,15H,3-8,10H2. The minimum atomic E-state index is -0.409. The number of rotatable bonds is 6. The average Bonchev–Trinajstić information content (AvgIpc) is 2.46.